The van der Waals surface area contributed by atoms with Crippen LogP contribution in [-0.2, 0) is 0 Å². The van der Waals surface area contributed by atoms with Gasteiger partial charge in [0.1, 0.15) is 5.69 Å². The average Bonchev–Trinajstić information content (AvgIpc) is 2.95. The first-order valence-electron chi connectivity index (χ1n) is 12.0. The molecule has 2 aromatic heterocycles. The quantitative estimate of drug-likeness (QED) is 0.187. The molecule has 0 unspecified atom stereocenters. The number of pyridine rings is 2. The summed E-state index contributed by atoms with van der Waals surface area (Å²) in [5.74, 6) is -1.54. The van der Waals surface area contributed by atoms with Crippen LogP contribution < -0.4 is 9.80 Å². The second-order valence-electron chi connectivity index (χ2n) is 8.63. The number of hydrogen-bond donors (Lipinski definition) is 2. The number of benzene rings is 2. The minimum atomic E-state index is -1.14. The lowest BCUT2D eigenvalue weighted by molar-refractivity contribution is 0.0697. The van der Waals surface area contributed by atoms with Crippen LogP contribution in [0, 0.1) is 0 Å². The standard InChI is InChI=1S/C29H27ClN4O4/c1-33(23-8-6-22(30)7-9-23)24-10-11-27(32-19-24)28(36)20-15-21(29(37)38)17-26(16-20)34(13-2-3-14-35)25-5-4-12-31-18-25/h4-12,15-19,35H,2-3,13-14H2,1H3,(H,37,38). The van der Waals surface area contributed by atoms with Gasteiger partial charge in [-0.25, -0.2) is 4.79 Å². The molecule has 0 bridgehead atoms. The number of hydrogen-bond acceptors (Lipinski definition) is 7. The molecule has 0 amide bonds. The highest BCUT2D eigenvalue weighted by Gasteiger charge is 2.19. The molecule has 38 heavy (non-hydrogen) atoms. The Bertz CT molecular complexity index is 1400. The van der Waals surface area contributed by atoms with Crippen molar-refractivity contribution >= 4 is 46.1 Å². The maximum atomic E-state index is 13.4. The molecule has 0 fully saturated rings. The van der Waals surface area contributed by atoms with Gasteiger partial charge in [-0.2, -0.15) is 0 Å². The number of aliphatic hydroxyl groups excluding tert-OH is 1. The molecule has 2 aromatic carbocycles. The second kappa shape index (κ2) is 12.3. The van der Waals surface area contributed by atoms with Gasteiger partial charge in [-0.3, -0.25) is 14.8 Å². The average molecular weight is 531 g/mol. The van der Waals surface area contributed by atoms with Gasteiger partial charge in [0.05, 0.1) is 29.3 Å². The Labute approximate surface area is 225 Å². The van der Waals surface area contributed by atoms with Crippen LogP contribution in [0.25, 0.3) is 0 Å². The lowest BCUT2D eigenvalue weighted by atomic mass is 10.0. The summed E-state index contributed by atoms with van der Waals surface area (Å²) in [7, 11) is 1.88. The number of carboxylic acid groups (broad SMARTS) is 1. The van der Waals surface area contributed by atoms with Crippen LogP contribution in [0.2, 0.25) is 5.02 Å². The van der Waals surface area contributed by atoms with E-state index in [-0.39, 0.29) is 23.4 Å². The minimum Gasteiger partial charge on any atom is -0.478 e. The Hall–Kier alpha value is -4.27. The van der Waals surface area contributed by atoms with E-state index in [1.54, 1.807) is 55.0 Å². The summed E-state index contributed by atoms with van der Waals surface area (Å²) < 4.78 is 0. The van der Waals surface area contributed by atoms with E-state index in [2.05, 4.69) is 9.97 Å². The molecule has 0 spiro atoms. The first-order valence-corrected chi connectivity index (χ1v) is 12.4. The highest BCUT2D eigenvalue weighted by Crippen LogP contribution is 2.29. The van der Waals surface area contributed by atoms with Gasteiger partial charge in [0.25, 0.3) is 0 Å². The number of carbonyl (C=O) groups excluding carboxylic acids is 1. The van der Waals surface area contributed by atoms with Crippen molar-refractivity contribution in [2.24, 2.45) is 0 Å². The molecule has 194 valence electrons. The number of ketones is 1. The molecule has 4 aromatic rings. The number of aliphatic hydroxyl groups is 1. The number of anilines is 4. The summed E-state index contributed by atoms with van der Waals surface area (Å²) in [5, 5.41) is 19.7. The van der Waals surface area contributed by atoms with Crippen LogP contribution in [0.4, 0.5) is 22.7 Å². The summed E-state index contributed by atoms with van der Waals surface area (Å²) >= 11 is 5.98. The van der Waals surface area contributed by atoms with Crippen molar-refractivity contribution < 1.29 is 19.8 Å². The molecule has 0 atom stereocenters. The van der Waals surface area contributed by atoms with E-state index in [1.165, 1.54) is 12.1 Å². The van der Waals surface area contributed by atoms with E-state index in [1.807, 2.05) is 35.0 Å². The predicted octanol–water partition coefficient (Wildman–Crippen LogP) is 5.74. The zero-order valence-electron chi connectivity index (χ0n) is 20.8. The molecule has 0 radical (unpaired) electrons. The smallest absolute Gasteiger partial charge is 0.335 e. The summed E-state index contributed by atoms with van der Waals surface area (Å²) in [6.45, 7) is 0.557. The van der Waals surface area contributed by atoms with Crippen molar-refractivity contribution in [1.29, 1.82) is 0 Å². The fourth-order valence-electron chi connectivity index (χ4n) is 4.00. The minimum absolute atomic E-state index is 0.0130. The Kier molecular flexibility index (Phi) is 8.68. The molecule has 2 N–H and O–H groups in total. The topological polar surface area (TPSA) is 107 Å². The maximum absolute atomic E-state index is 13.4. The van der Waals surface area contributed by atoms with Gasteiger partial charge in [0.15, 0.2) is 0 Å². The van der Waals surface area contributed by atoms with E-state index in [0.717, 1.165) is 17.1 Å². The van der Waals surface area contributed by atoms with Gasteiger partial charge in [-0.05, 0) is 79.6 Å². The Balaban J connectivity index is 1.66. The lowest BCUT2D eigenvalue weighted by Crippen LogP contribution is -2.20. The number of aromatic carboxylic acids is 1. The van der Waals surface area contributed by atoms with Gasteiger partial charge in [-0.1, -0.05) is 11.6 Å². The van der Waals surface area contributed by atoms with Crippen LogP contribution in [0.15, 0.2) is 85.3 Å². The first kappa shape index (κ1) is 26.8. The highest BCUT2D eigenvalue weighted by molar-refractivity contribution is 6.30. The van der Waals surface area contributed by atoms with E-state index in [0.29, 0.717) is 30.1 Å². The molecule has 0 aliphatic carbocycles. The van der Waals surface area contributed by atoms with E-state index in [9.17, 15) is 19.8 Å². The van der Waals surface area contributed by atoms with Crippen molar-refractivity contribution in [2.75, 3.05) is 30.0 Å². The molecular formula is C29H27ClN4O4. The van der Waals surface area contributed by atoms with Gasteiger partial charge >= 0.3 is 5.97 Å². The summed E-state index contributed by atoms with van der Waals surface area (Å²) in [6, 6.07) is 19.0. The zero-order chi connectivity index (χ0) is 27.1. The molecule has 2 heterocycles. The summed E-state index contributed by atoms with van der Waals surface area (Å²) in [4.78, 5) is 37.7. The zero-order valence-corrected chi connectivity index (χ0v) is 21.5. The van der Waals surface area contributed by atoms with E-state index < -0.39 is 11.8 Å². The van der Waals surface area contributed by atoms with Crippen LogP contribution in [0.5, 0.6) is 0 Å². The van der Waals surface area contributed by atoms with Crippen molar-refractivity contribution in [1.82, 2.24) is 9.97 Å². The Morgan fingerprint density at radius 2 is 1.61 bits per heavy atom. The Morgan fingerprint density at radius 1 is 0.868 bits per heavy atom. The highest BCUT2D eigenvalue weighted by atomic mass is 35.5. The van der Waals surface area contributed by atoms with Crippen molar-refractivity contribution in [3.8, 4) is 0 Å². The summed E-state index contributed by atoms with van der Waals surface area (Å²) in [5.41, 5.74) is 3.36. The van der Waals surface area contributed by atoms with Gasteiger partial charge in [0, 0.05) is 48.4 Å². The second-order valence-corrected chi connectivity index (χ2v) is 9.07. The SMILES string of the molecule is CN(c1ccc(Cl)cc1)c1ccc(C(=O)c2cc(C(=O)O)cc(N(CCCCO)c3cccnc3)c2)nc1. The van der Waals surface area contributed by atoms with E-state index >= 15 is 0 Å². The predicted molar refractivity (Wildman–Crippen MR) is 148 cm³/mol. The molecule has 0 aliphatic rings. The number of rotatable bonds is 11. The van der Waals surface area contributed by atoms with Gasteiger partial charge in [-0.15, -0.1) is 0 Å². The van der Waals surface area contributed by atoms with Gasteiger partial charge < -0.3 is 20.0 Å². The molecule has 0 aliphatic heterocycles. The molecule has 0 saturated heterocycles. The normalized spacial score (nSPS) is 10.7. The number of halogens is 1. The molecule has 9 heteroatoms. The number of aromatic nitrogens is 2. The monoisotopic (exact) mass is 530 g/mol. The fourth-order valence-corrected chi connectivity index (χ4v) is 4.13. The van der Waals surface area contributed by atoms with E-state index in [4.69, 9.17) is 11.6 Å². The number of carboxylic acids is 1. The molecule has 0 saturated carbocycles. The van der Waals surface area contributed by atoms with Gasteiger partial charge in [0.2, 0.25) is 5.78 Å². The van der Waals surface area contributed by atoms with Crippen LogP contribution in [0.1, 0.15) is 39.3 Å². The number of carbonyl (C=O) groups is 2. The van der Waals surface area contributed by atoms with Crippen molar-refractivity contribution in [3.63, 3.8) is 0 Å². The maximum Gasteiger partial charge on any atom is 0.335 e. The third-order valence-corrected chi connectivity index (χ3v) is 6.32. The third kappa shape index (κ3) is 6.34. The Morgan fingerprint density at radius 3 is 2.24 bits per heavy atom. The van der Waals surface area contributed by atoms with Crippen LogP contribution in [-0.4, -0.2) is 52.1 Å². The summed E-state index contributed by atoms with van der Waals surface area (Å²) in [6.07, 6.45) is 6.17. The lowest BCUT2D eigenvalue weighted by Gasteiger charge is -2.25. The molecular weight excluding hydrogens is 504 g/mol. The van der Waals surface area contributed by atoms with Crippen LogP contribution >= 0.6 is 11.6 Å². The van der Waals surface area contributed by atoms with Crippen LogP contribution in [0.3, 0.4) is 0 Å². The van der Waals surface area contributed by atoms with Crippen molar-refractivity contribution in [3.05, 3.63) is 107 Å². The fraction of sp³-hybridized carbons (Fsp3) is 0.172. The largest absolute Gasteiger partial charge is 0.478 e. The first-order chi connectivity index (χ1) is 18.4. The van der Waals surface area contributed by atoms with Crippen molar-refractivity contribution in [2.45, 2.75) is 12.8 Å². The number of nitrogens with zero attached hydrogens (tertiary/aromatic N) is 4. The molecule has 4 rings (SSSR count). The third-order valence-electron chi connectivity index (χ3n) is 6.07. The molecule has 8 nitrogen and oxygen atoms in total. The number of unbranched alkanes of at least 4 members (excludes halogenated alkanes) is 1.